The second-order valence-electron chi connectivity index (χ2n) is 11.7. The van der Waals surface area contributed by atoms with Crippen LogP contribution in [0.15, 0.2) is 0 Å². The molecular weight excluding hydrogens is 404 g/mol. The van der Waals surface area contributed by atoms with Crippen molar-refractivity contribution >= 4 is 17.5 Å². The van der Waals surface area contributed by atoms with Gasteiger partial charge in [-0.25, -0.2) is 0 Å². The van der Waals surface area contributed by atoms with Gasteiger partial charge in [0.05, 0.1) is 10.8 Å². The Kier molecular flexibility index (Phi) is 4.95. The maximum atomic E-state index is 14.1. The molecule has 0 unspecified atom stereocenters. The second kappa shape index (κ2) is 6.89. The number of carbonyl (C=O) groups is 3. The highest BCUT2D eigenvalue weighted by Gasteiger charge is 2.92. The van der Waals surface area contributed by atoms with Crippen molar-refractivity contribution in [1.29, 1.82) is 0 Å². The summed E-state index contributed by atoms with van der Waals surface area (Å²) in [5.74, 6) is -0.591. The lowest BCUT2D eigenvalue weighted by Gasteiger charge is -2.61. The molecule has 32 heavy (non-hydrogen) atoms. The Balaban J connectivity index is 1.90. The number of Topliss-reactive ketones (excluding diaryl/α,β-unsaturated/α-hetero) is 2. The Bertz CT molecular complexity index is 977. The van der Waals surface area contributed by atoms with Gasteiger partial charge < -0.3 is 5.11 Å². The van der Waals surface area contributed by atoms with Crippen LogP contribution in [-0.4, -0.2) is 33.7 Å². The fraction of sp³-hybridized carbons (Fsp3) is 0.808. The van der Waals surface area contributed by atoms with Crippen LogP contribution in [-0.2, 0) is 14.4 Å². The number of ketones is 2. The van der Waals surface area contributed by atoms with E-state index in [-0.39, 0.29) is 41.2 Å². The molecule has 0 aliphatic heterocycles. The third kappa shape index (κ3) is 2.32. The quantitative estimate of drug-likeness (QED) is 0.665. The highest BCUT2D eigenvalue weighted by molar-refractivity contribution is 5.92. The van der Waals surface area contributed by atoms with Gasteiger partial charge in [0.2, 0.25) is 0 Å². The molecule has 0 aromatic heterocycles. The van der Waals surface area contributed by atoms with Crippen molar-refractivity contribution in [3.8, 4) is 13.1 Å². The van der Waals surface area contributed by atoms with E-state index in [0.29, 0.717) is 38.5 Å². The minimum atomic E-state index is -1.00. The Morgan fingerprint density at radius 1 is 1.03 bits per heavy atom. The van der Waals surface area contributed by atoms with Crippen LogP contribution in [0.25, 0.3) is 9.69 Å². The van der Waals surface area contributed by atoms with E-state index in [1.807, 2.05) is 13.8 Å². The van der Waals surface area contributed by atoms with Gasteiger partial charge >= 0.3 is 17.0 Å². The summed E-state index contributed by atoms with van der Waals surface area (Å²) in [5, 5.41) is 9.43. The number of hydrogen-bond acceptors (Lipinski definition) is 3. The highest BCUT2D eigenvalue weighted by atomic mass is 16.4. The van der Waals surface area contributed by atoms with Gasteiger partial charge in [-0.05, 0) is 43.9 Å². The van der Waals surface area contributed by atoms with Crippen molar-refractivity contribution < 1.29 is 19.5 Å². The minimum Gasteiger partial charge on any atom is -0.481 e. The maximum Gasteiger partial charge on any atom is 0.306 e. The zero-order valence-corrected chi connectivity index (χ0v) is 19.8. The number of carboxylic acid groups (broad SMARTS) is 1. The molecule has 4 aliphatic carbocycles. The van der Waals surface area contributed by atoms with Gasteiger partial charge in [0.15, 0.2) is 11.2 Å². The van der Waals surface area contributed by atoms with Crippen LogP contribution in [0.3, 0.4) is 0 Å². The Morgan fingerprint density at radius 3 is 2.25 bits per heavy atom. The molecule has 4 aliphatic rings. The van der Waals surface area contributed by atoms with Crippen LogP contribution >= 0.6 is 0 Å². The molecule has 0 aromatic rings. The molecule has 6 nitrogen and oxygen atoms in total. The van der Waals surface area contributed by atoms with E-state index in [1.54, 1.807) is 0 Å². The number of carboxylic acids is 1. The molecule has 6 heteroatoms. The number of fused-ring (bicyclic) bond motifs is 5. The molecule has 1 N–H and O–H groups in total. The number of hydrogen-bond donors (Lipinski definition) is 1. The first-order chi connectivity index (χ1) is 14.9. The molecule has 0 amide bonds. The minimum absolute atomic E-state index is 0.0514. The molecule has 172 valence electrons. The summed E-state index contributed by atoms with van der Waals surface area (Å²) in [4.78, 5) is 47.0. The summed E-state index contributed by atoms with van der Waals surface area (Å²) in [6, 6.07) is 0. The SMILES string of the molecule is C#[N+][C@]12CC[C@]3(C)[C@@H]([C@H](C)CC(=O)O)CC[C@@]3([N+]#C)[C@]1(C)C(=O)C[C@@H]1CC(=O)CC[C@@]12C. The van der Waals surface area contributed by atoms with E-state index in [0.717, 1.165) is 12.8 Å². The summed E-state index contributed by atoms with van der Waals surface area (Å²) in [5.41, 5.74) is -3.54. The number of nitrogens with zero attached hydrogens (tertiary/aromatic N) is 2. The molecule has 8 atom stereocenters. The molecule has 0 bridgehead atoms. The predicted octanol–water partition coefficient (Wildman–Crippen LogP) is 5.06. The van der Waals surface area contributed by atoms with Gasteiger partial charge in [0.1, 0.15) is 5.78 Å². The first-order valence-electron chi connectivity index (χ1n) is 12.0. The van der Waals surface area contributed by atoms with Gasteiger partial charge in [0, 0.05) is 38.5 Å². The monoisotopic (exact) mass is 440 g/mol. The normalized spacial score (nSPS) is 48.6. The van der Waals surface area contributed by atoms with Crippen LogP contribution in [0.5, 0.6) is 0 Å². The molecule has 0 radical (unpaired) electrons. The van der Waals surface area contributed by atoms with Gasteiger partial charge in [0.25, 0.3) is 13.1 Å². The summed E-state index contributed by atoms with van der Waals surface area (Å²) in [7, 11) is 0. The zero-order valence-electron chi connectivity index (χ0n) is 19.8. The molecule has 4 fully saturated rings. The van der Waals surface area contributed by atoms with E-state index in [2.05, 4.69) is 23.5 Å². The van der Waals surface area contributed by atoms with Crippen LogP contribution in [0.1, 0.15) is 85.5 Å². The zero-order chi connectivity index (χ0) is 23.7. The molecule has 4 rings (SSSR count). The average molecular weight is 441 g/mol. The average Bonchev–Trinajstić information content (AvgIpc) is 3.04. The van der Waals surface area contributed by atoms with Crippen molar-refractivity contribution in [3.63, 3.8) is 0 Å². The summed E-state index contributed by atoms with van der Waals surface area (Å²) in [6.45, 7) is 20.8. The second-order valence-corrected chi connectivity index (χ2v) is 11.7. The Labute approximate surface area is 190 Å². The van der Waals surface area contributed by atoms with Gasteiger partial charge in [-0.1, -0.05) is 30.5 Å². The van der Waals surface area contributed by atoms with Crippen molar-refractivity contribution in [1.82, 2.24) is 0 Å². The topological polar surface area (TPSA) is 80.2 Å². The predicted molar refractivity (Wildman–Crippen MR) is 122 cm³/mol. The van der Waals surface area contributed by atoms with Crippen molar-refractivity contribution in [2.45, 2.75) is 96.6 Å². The molecular formula is C26H36N2O4+2. The lowest BCUT2D eigenvalue weighted by Crippen LogP contribution is -2.77. The number of carbonyl (C=O) groups excluding carboxylic acids is 2. The van der Waals surface area contributed by atoms with E-state index in [4.69, 9.17) is 13.1 Å². The highest BCUT2D eigenvalue weighted by Crippen LogP contribution is 2.77. The lowest BCUT2D eigenvalue weighted by molar-refractivity contribution is -0.181. The van der Waals surface area contributed by atoms with E-state index in [1.165, 1.54) is 0 Å². The van der Waals surface area contributed by atoms with Crippen LogP contribution in [0, 0.1) is 47.1 Å². The fourth-order valence-electron chi connectivity index (χ4n) is 9.33. The Morgan fingerprint density at radius 2 is 1.66 bits per heavy atom. The summed E-state index contributed by atoms with van der Waals surface area (Å²) < 4.78 is 0. The summed E-state index contributed by atoms with van der Waals surface area (Å²) >= 11 is 0. The van der Waals surface area contributed by atoms with Gasteiger partial charge in [-0.2, -0.15) is 0 Å². The van der Waals surface area contributed by atoms with Crippen molar-refractivity contribution in [2.75, 3.05) is 0 Å². The first kappa shape index (κ1) is 23.0. The number of aliphatic carboxylic acids is 1. The lowest BCUT2D eigenvalue weighted by atomic mass is 9.33. The van der Waals surface area contributed by atoms with Crippen molar-refractivity contribution in [3.05, 3.63) is 9.69 Å². The van der Waals surface area contributed by atoms with Crippen LogP contribution in [0.4, 0.5) is 0 Å². The van der Waals surface area contributed by atoms with E-state index in [9.17, 15) is 19.5 Å². The van der Waals surface area contributed by atoms with Gasteiger partial charge in [-0.15, -0.1) is 0 Å². The van der Waals surface area contributed by atoms with Gasteiger partial charge in [-0.3, -0.25) is 14.4 Å². The summed E-state index contributed by atoms with van der Waals surface area (Å²) in [6.07, 6.45) is 4.68. The Hall–Kier alpha value is -2.21. The standard InChI is InChI=1S/C26H35N2O4/c1-16(13-21(31)32)19-8-10-25(27-5)23(19,3)11-12-26(28-6)22(2)9-7-18(29)14-17(22)15-20(30)24(25,26)4/h5-6,16-17,19H,7-15H2,1-4H3/q+1/p+1/t16-,17+,19-,22+,23-,24+,25+,26+/m1/s1. The fourth-order valence-corrected chi connectivity index (χ4v) is 9.33. The smallest absolute Gasteiger partial charge is 0.306 e. The molecule has 4 saturated carbocycles. The van der Waals surface area contributed by atoms with Crippen LogP contribution in [0.2, 0.25) is 0 Å². The third-order valence-electron chi connectivity index (χ3n) is 11.1. The molecule has 0 saturated heterocycles. The number of rotatable bonds is 3. The molecule has 0 aromatic carbocycles. The third-order valence-corrected chi connectivity index (χ3v) is 11.1. The van der Waals surface area contributed by atoms with Crippen molar-refractivity contribution in [2.24, 2.45) is 34.0 Å². The van der Waals surface area contributed by atoms with E-state index >= 15 is 0 Å². The molecule has 0 spiro atoms. The largest absolute Gasteiger partial charge is 0.481 e. The van der Waals surface area contributed by atoms with E-state index < -0.39 is 27.9 Å². The molecule has 0 heterocycles. The first-order valence-corrected chi connectivity index (χ1v) is 12.0. The maximum absolute atomic E-state index is 14.1. The van der Waals surface area contributed by atoms with Crippen LogP contribution < -0.4 is 0 Å².